The minimum atomic E-state index is -0.958. The van der Waals surface area contributed by atoms with Gasteiger partial charge in [0.25, 0.3) is 0 Å². The van der Waals surface area contributed by atoms with Gasteiger partial charge in [0.2, 0.25) is 0 Å². The molecular weight excluding hydrogens is 787 g/mol. The Morgan fingerprint density at radius 1 is 0.778 bits per heavy atom. The van der Waals surface area contributed by atoms with E-state index in [1.807, 2.05) is 90.9 Å². The topological polar surface area (TPSA) is 119 Å². The van der Waals surface area contributed by atoms with E-state index >= 15 is 0 Å². The molecule has 2 saturated carbocycles. The highest BCUT2D eigenvalue weighted by Crippen LogP contribution is 2.45. The highest BCUT2D eigenvalue weighted by molar-refractivity contribution is 6.15. The molecule has 3 aromatic rings. The van der Waals surface area contributed by atoms with Gasteiger partial charge in [-0.25, -0.2) is 0 Å². The van der Waals surface area contributed by atoms with Crippen molar-refractivity contribution in [3.63, 3.8) is 0 Å². The lowest BCUT2D eigenvalue weighted by molar-refractivity contribution is -0.129. The number of carbonyl (C=O) groups excluding carboxylic acids is 3. The second-order valence-electron chi connectivity index (χ2n) is 18.2. The van der Waals surface area contributed by atoms with Crippen LogP contribution in [-0.2, 0) is 29.0 Å². The summed E-state index contributed by atoms with van der Waals surface area (Å²) in [6.07, 6.45) is 17.0. The van der Waals surface area contributed by atoms with Gasteiger partial charge in [0, 0.05) is 48.7 Å². The van der Waals surface area contributed by atoms with E-state index in [-0.39, 0.29) is 35.2 Å². The lowest BCUT2D eigenvalue weighted by Crippen LogP contribution is -2.45. The number of nitrogens with zero attached hydrogens (tertiary/aromatic N) is 1. The van der Waals surface area contributed by atoms with Crippen LogP contribution in [0.4, 0.5) is 5.82 Å². The zero-order valence-electron chi connectivity index (χ0n) is 40.1. The Balaban J connectivity index is 0.000000221. The average molecular weight is 866 g/mol. The number of hydrogen-bond donors (Lipinski definition) is 3. The van der Waals surface area contributed by atoms with Crippen molar-refractivity contribution in [2.45, 2.75) is 175 Å². The van der Waals surface area contributed by atoms with Gasteiger partial charge < -0.3 is 29.8 Å². The lowest BCUT2D eigenvalue weighted by atomic mass is 9.70. The predicted molar refractivity (Wildman–Crippen MR) is 256 cm³/mol. The van der Waals surface area contributed by atoms with Gasteiger partial charge in [0.15, 0.2) is 11.6 Å². The largest absolute Gasteiger partial charge is 0.497 e. The van der Waals surface area contributed by atoms with Crippen molar-refractivity contribution in [2.75, 3.05) is 19.5 Å². The van der Waals surface area contributed by atoms with Gasteiger partial charge in [-0.3, -0.25) is 14.4 Å². The van der Waals surface area contributed by atoms with Crippen LogP contribution in [0.2, 0.25) is 0 Å². The summed E-state index contributed by atoms with van der Waals surface area (Å²) < 4.78 is 12.7. The van der Waals surface area contributed by atoms with E-state index < -0.39 is 11.5 Å². The van der Waals surface area contributed by atoms with E-state index in [9.17, 15) is 19.5 Å². The molecule has 0 bridgehead atoms. The number of carbonyl (C=O) groups is 3. The summed E-state index contributed by atoms with van der Waals surface area (Å²) in [4.78, 5) is 39.1. The SMILES string of the molecule is CC.CC.CCC1C(=O)C2=C(CC1(C)O)NC(CCC1CCCCC1)C2Cc1ccc(OC)cc1.CCC1C(=O)Cc2cc(NC3CCCC3)n(Cc3ccc(OC)cc3)c2C1=O. The molecule has 0 amide bonds. The number of Topliss-reactive ketones (excluding diaryl/α,β-unsaturated/α-hetero) is 3. The maximum absolute atomic E-state index is 13.5. The molecule has 8 rings (SSSR count). The number of ketones is 3. The minimum Gasteiger partial charge on any atom is -0.497 e. The molecule has 5 aliphatic rings. The molecule has 5 unspecified atom stereocenters. The first kappa shape index (κ1) is 49.6. The highest BCUT2D eigenvalue weighted by atomic mass is 16.5. The maximum atomic E-state index is 13.5. The molecule has 2 aromatic carbocycles. The highest BCUT2D eigenvalue weighted by Gasteiger charge is 2.49. The number of anilines is 1. The fourth-order valence-electron chi connectivity index (χ4n) is 10.8. The first-order chi connectivity index (χ1) is 30.5. The van der Waals surface area contributed by atoms with Crippen molar-refractivity contribution >= 4 is 23.2 Å². The molecule has 346 valence electrons. The van der Waals surface area contributed by atoms with Crippen LogP contribution in [0.1, 0.15) is 166 Å². The van der Waals surface area contributed by atoms with Crippen molar-refractivity contribution in [3.05, 3.63) is 88.3 Å². The van der Waals surface area contributed by atoms with E-state index in [4.69, 9.17) is 9.47 Å². The summed E-state index contributed by atoms with van der Waals surface area (Å²) in [7, 11) is 3.34. The summed E-state index contributed by atoms with van der Waals surface area (Å²) >= 11 is 0. The summed E-state index contributed by atoms with van der Waals surface area (Å²) in [5.41, 5.74) is 4.94. The maximum Gasteiger partial charge on any atom is 0.190 e. The van der Waals surface area contributed by atoms with Crippen LogP contribution in [0.25, 0.3) is 0 Å². The molecule has 9 heteroatoms. The van der Waals surface area contributed by atoms with Crippen molar-refractivity contribution in [1.82, 2.24) is 9.88 Å². The standard InChI is InChI=1S/C27H39NO3.C23H28N2O3.2C2H6/c1-4-22-26(29)25-21(16-19-10-13-20(31-3)14-11-19)23(28-24(25)17-27(22,2)30)15-12-18-8-6-5-7-9-18;1-3-19-20(26)12-16-13-21(24-17-6-4-5-7-17)25(22(16)23(19)27)14-15-8-10-18(28-2)11-9-15;2*1-2/h10-11,13-14,18,21-23,28,30H,4-9,12,15-17H2,1-3H3;8-11,13,17,19,24H,3-7,12,14H2,1-2H3;2*1-2H3. The summed E-state index contributed by atoms with van der Waals surface area (Å²) in [6, 6.07) is 18.9. The fraction of sp³-hybridized carbons (Fsp3) is 0.611. The summed E-state index contributed by atoms with van der Waals surface area (Å²) in [5, 5.41) is 18.4. The molecule has 2 heterocycles. The molecular formula is C54H79N3O6. The van der Waals surface area contributed by atoms with E-state index in [2.05, 4.69) is 27.3 Å². The van der Waals surface area contributed by atoms with Crippen molar-refractivity contribution in [2.24, 2.45) is 23.7 Å². The molecule has 0 spiro atoms. The van der Waals surface area contributed by atoms with Crippen LogP contribution < -0.4 is 20.1 Å². The normalized spacial score (nSPS) is 24.4. The molecule has 1 aromatic heterocycles. The third-order valence-electron chi connectivity index (χ3n) is 14.1. The van der Waals surface area contributed by atoms with Gasteiger partial charge in [0.1, 0.15) is 23.1 Å². The quantitative estimate of drug-likeness (QED) is 0.145. The molecule has 63 heavy (non-hydrogen) atoms. The van der Waals surface area contributed by atoms with Crippen molar-refractivity contribution in [1.29, 1.82) is 0 Å². The molecule has 0 saturated heterocycles. The monoisotopic (exact) mass is 866 g/mol. The molecule has 0 radical (unpaired) electrons. The Labute approximate surface area is 379 Å². The number of benzene rings is 2. The smallest absolute Gasteiger partial charge is 0.190 e. The van der Waals surface area contributed by atoms with E-state index in [0.29, 0.717) is 44.0 Å². The van der Waals surface area contributed by atoms with Gasteiger partial charge in [-0.2, -0.15) is 0 Å². The third kappa shape index (κ3) is 11.9. The first-order valence-electron chi connectivity index (χ1n) is 24.6. The Morgan fingerprint density at radius 3 is 1.94 bits per heavy atom. The van der Waals surface area contributed by atoms with Crippen LogP contribution in [0.3, 0.4) is 0 Å². The Hall–Kier alpha value is -4.37. The second-order valence-corrected chi connectivity index (χ2v) is 18.2. The van der Waals surface area contributed by atoms with Gasteiger partial charge in [0.05, 0.1) is 37.4 Å². The number of aromatic nitrogens is 1. The van der Waals surface area contributed by atoms with E-state index in [0.717, 1.165) is 71.3 Å². The zero-order chi connectivity index (χ0) is 45.7. The Morgan fingerprint density at radius 2 is 1.37 bits per heavy atom. The molecule has 4 aliphatic carbocycles. The number of fused-ring (bicyclic) bond motifs is 1. The fourth-order valence-corrected chi connectivity index (χ4v) is 10.8. The number of methoxy groups -OCH3 is 2. The summed E-state index contributed by atoms with van der Waals surface area (Å²) in [5.74, 6) is 3.04. The van der Waals surface area contributed by atoms with Gasteiger partial charge in [-0.05, 0) is 105 Å². The Kier molecular flexibility index (Phi) is 18.5. The first-order valence-corrected chi connectivity index (χ1v) is 24.6. The van der Waals surface area contributed by atoms with Gasteiger partial charge >= 0.3 is 0 Å². The van der Waals surface area contributed by atoms with Crippen LogP contribution in [0.15, 0.2) is 65.9 Å². The van der Waals surface area contributed by atoms with Crippen LogP contribution in [0.5, 0.6) is 11.5 Å². The molecule has 1 aliphatic heterocycles. The van der Waals surface area contributed by atoms with E-state index in [1.54, 1.807) is 14.2 Å². The molecule has 3 N–H and O–H groups in total. The average Bonchev–Trinajstić information content (AvgIpc) is 4.03. The predicted octanol–water partition coefficient (Wildman–Crippen LogP) is 11.5. The van der Waals surface area contributed by atoms with Gasteiger partial charge in [-0.1, -0.05) is 111 Å². The summed E-state index contributed by atoms with van der Waals surface area (Å²) in [6.45, 7) is 14.4. The number of rotatable bonds is 13. The molecule has 5 atom stereocenters. The number of aliphatic hydroxyl groups is 1. The lowest BCUT2D eigenvalue weighted by Gasteiger charge is -2.36. The number of hydrogen-bond acceptors (Lipinski definition) is 8. The van der Waals surface area contributed by atoms with Crippen molar-refractivity contribution < 1.29 is 29.0 Å². The molecule has 9 nitrogen and oxygen atoms in total. The van der Waals surface area contributed by atoms with Crippen LogP contribution >= 0.6 is 0 Å². The van der Waals surface area contributed by atoms with Gasteiger partial charge in [-0.15, -0.1) is 0 Å². The van der Waals surface area contributed by atoms with E-state index in [1.165, 1.54) is 56.9 Å². The minimum absolute atomic E-state index is 0.0262. The van der Waals surface area contributed by atoms with Crippen LogP contribution in [-0.4, -0.2) is 58.9 Å². The third-order valence-corrected chi connectivity index (χ3v) is 14.1. The zero-order valence-corrected chi connectivity index (χ0v) is 40.1. The van der Waals surface area contributed by atoms with Crippen LogP contribution in [0, 0.1) is 23.7 Å². The second kappa shape index (κ2) is 23.5. The Bertz CT molecular complexity index is 1970. The molecule has 2 fully saturated rings. The number of ether oxygens (including phenoxy) is 2. The van der Waals surface area contributed by atoms with Crippen molar-refractivity contribution in [3.8, 4) is 11.5 Å². The number of nitrogens with one attached hydrogen (secondary N) is 2.